The lowest BCUT2D eigenvalue weighted by molar-refractivity contribution is -0.171. The molecule has 34 heavy (non-hydrogen) atoms. The lowest BCUT2D eigenvalue weighted by Gasteiger charge is -2.31. The van der Waals surface area contributed by atoms with Crippen molar-refractivity contribution in [3.63, 3.8) is 0 Å². The second kappa shape index (κ2) is 10.9. The van der Waals surface area contributed by atoms with Crippen LogP contribution in [-0.4, -0.2) is 23.0 Å². The van der Waals surface area contributed by atoms with Crippen LogP contribution in [0.25, 0.3) is 6.08 Å². The number of hydrogen-bond donors (Lipinski definition) is 0. The van der Waals surface area contributed by atoms with E-state index < -0.39 is 17.2 Å². The monoisotopic (exact) mass is 526 g/mol. The molecule has 0 unspecified atom stereocenters. The van der Waals surface area contributed by atoms with E-state index in [0.717, 1.165) is 28.4 Å². The summed E-state index contributed by atoms with van der Waals surface area (Å²) >= 11 is 3.40. The van der Waals surface area contributed by atoms with Crippen molar-refractivity contribution in [3.8, 4) is 5.75 Å². The first-order valence-corrected chi connectivity index (χ1v) is 12.8. The predicted molar refractivity (Wildman–Crippen MR) is 140 cm³/mol. The van der Waals surface area contributed by atoms with E-state index in [1.54, 1.807) is 32.1 Å². The van der Waals surface area contributed by atoms with Crippen molar-refractivity contribution in [2.45, 2.75) is 83.8 Å². The molecule has 0 atom stereocenters. The minimum atomic E-state index is -1.12. The van der Waals surface area contributed by atoms with Crippen LogP contribution in [0.15, 0.2) is 53.0 Å². The molecule has 182 valence electrons. The lowest BCUT2D eigenvalue weighted by atomic mass is 9.83. The van der Waals surface area contributed by atoms with Gasteiger partial charge in [-0.1, -0.05) is 47.3 Å². The topological polar surface area (TPSA) is 52.6 Å². The van der Waals surface area contributed by atoms with Crippen molar-refractivity contribution in [3.05, 3.63) is 69.7 Å². The van der Waals surface area contributed by atoms with E-state index >= 15 is 0 Å². The number of ketones is 1. The minimum Gasteiger partial charge on any atom is -0.476 e. The van der Waals surface area contributed by atoms with Crippen LogP contribution in [0, 0.1) is 0 Å². The Morgan fingerprint density at radius 1 is 0.941 bits per heavy atom. The van der Waals surface area contributed by atoms with Gasteiger partial charge < -0.3 is 9.47 Å². The Kier molecular flexibility index (Phi) is 8.40. The van der Waals surface area contributed by atoms with Crippen molar-refractivity contribution in [1.29, 1.82) is 0 Å². The number of esters is 1. The van der Waals surface area contributed by atoms with E-state index in [1.165, 1.54) is 19.3 Å². The third-order valence-corrected chi connectivity index (χ3v) is 6.42. The van der Waals surface area contributed by atoms with E-state index in [-0.39, 0.29) is 5.78 Å². The number of carbonyl (C=O) groups is 2. The maximum Gasteiger partial charge on any atom is 0.350 e. The summed E-state index contributed by atoms with van der Waals surface area (Å²) in [6, 6.07) is 13.3. The Morgan fingerprint density at radius 3 is 2.21 bits per heavy atom. The molecule has 0 amide bonds. The van der Waals surface area contributed by atoms with Gasteiger partial charge in [-0.15, -0.1) is 0 Å². The van der Waals surface area contributed by atoms with E-state index in [0.29, 0.717) is 17.2 Å². The molecule has 1 fully saturated rings. The summed E-state index contributed by atoms with van der Waals surface area (Å²) in [7, 11) is 0. The van der Waals surface area contributed by atoms with Crippen LogP contribution in [0.1, 0.15) is 94.1 Å². The fourth-order valence-electron chi connectivity index (χ4n) is 4.10. The number of benzene rings is 2. The fourth-order valence-corrected chi connectivity index (χ4v) is 4.36. The average molecular weight is 527 g/mol. The summed E-state index contributed by atoms with van der Waals surface area (Å²) in [6.07, 6.45) is 9.25. The zero-order valence-corrected chi connectivity index (χ0v) is 22.4. The third kappa shape index (κ3) is 7.30. The van der Waals surface area contributed by atoms with Gasteiger partial charge in [0.05, 0.1) is 0 Å². The van der Waals surface area contributed by atoms with Gasteiger partial charge in [-0.05, 0) is 107 Å². The molecule has 3 rings (SSSR count). The van der Waals surface area contributed by atoms with Gasteiger partial charge in [0, 0.05) is 10.0 Å². The highest BCUT2D eigenvalue weighted by Crippen LogP contribution is 2.39. The van der Waals surface area contributed by atoms with Gasteiger partial charge in [-0.2, -0.15) is 0 Å². The summed E-state index contributed by atoms with van der Waals surface area (Å²) in [5.74, 6) is 0.643. The zero-order valence-electron chi connectivity index (χ0n) is 20.8. The highest BCUT2D eigenvalue weighted by Gasteiger charge is 2.36. The molecular weight excluding hydrogens is 492 g/mol. The molecule has 2 aromatic carbocycles. The van der Waals surface area contributed by atoms with Gasteiger partial charge in [-0.3, -0.25) is 4.79 Å². The highest BCUT2D eigenvalue weighted by molar-refractivity contribution is 9.10. The zero-order chi connectivity index (χ0) is 24.9. The molecule has 2 aromatic rings. The average Bonchev–Trinajstić information content (AvgIpc) is 2.78. The first-order valence-electron chi connectivity index (χ1n) is 12.0. The molecule has 0 heterocycles. The largest absolute Gasteiger partial charge is 0.476 e. The number of halogens is 1. The van der Waals surface area contributed by atoms with E-state index in [4.69, 9.17) is 9.47 Å². The lowest BCUT2D eigenvalue weighted by Crippen LogP contribution is -2.43. The van der Waals surface area contributed by atoms with Crippen molar-refractivity contribution < 1.29 is 19.1 Å². The summed E-state index contributed by atoms with van der Waals surface area (Å²) in [6.45, 7) is 9.05. The number of hydrogen-bond acceptors (Lipinski definition) is 4. The van der Waals surface area contributed by atoms with Gasteiger partial charge >= 0.3 is 5.97 Å². The Bertz CT molecular complexity index is 1040. The summed E-state index contributed by atoms with van der Waals surface area (Å²) < 4.78 is 12.8. The first-order chi connectivity index (χ1) is 15.9. The van der Waals surface area contributed by atoms with Gasteiger partial charge in [-0.25, -0.2) is 4.79 Å². The Labute approximate surface area is 211 Å². The van der Waals surface area contributed by atoms with Gasteiger partial charge in [0.25, 0.3) is 0 Å². The van der Waals surface area contributed by atoms with Crippen molar-refractivity contribution in [1.82, 2.24) is 0 Å². The molecule has 0 N–H and O–H groups in total. The van der Waals surface area contributed by atoms with Crippen molar-refractivity contribution in [2.75, 3.05) is 0 Å². The van der Waals surface area contributed by atoms with Crippen LogP contribution >= 0.6 is 15.9 Å². The molecule has 0 spiro atoms. The van der Waals surface area contributed by atoms with Gasteiger partial charge in [0.1, 0.15) is 11.4 Å². The van der Waals surface area contributed by atoms with Crippen molar-refractivity contribution >= 4 is 33.8 Å². The molecule has 4 nitrogen and oxygen atoms in total. The molecule has 0 aliphatic heterocycles. The maximum absolute atomic E-state index is 12.8. The Morgan fingerprint density at radius 2 is 1.59 bits per heavy atom. The van der Waals surface area contributed by atoms with E-state index in [9.17, 15) is 9.59 Å². The normalized spacial score (nSPS) is 15.4. The van der Waals surface area contributed by atoms with Crippen LogP contribution < -0.4 is 4.74 Å². The van der Waals surface area contributed by atoms with Crippen LogP contribution in [-0.2, 0) is 9.53 Å². The van der Waals surface area contributed by atoms with E-state index in [2.05, 4.69) is 22.0 Å². The standard InChI is InChI=1S/C29H35BrO4/c1-28(2,3)34-27(32)29(4,5)33-26-18-12-20(19-24(26)21-9-7-6-8-10-21)11-17-25(31)22-13-15-23(30)16-14-22/h11-19,21H,6-10H2,1-5H3. The molecule has 0 bridgehead atoms. The SMILES string of the molecule is CC(C)(C)OC(=O)C(C)(C)Oc1ccc(C=CC(=O)c2ccc(Br)cc2)cc1C1CCCCC1. The smallest absolute Gasteiger partial charge is 0.350 e. The van der Waals surface area contributed by atoms with Crippen LogP contribution in [0.2, 0.25) is 0 Å². The second-order valence-electron chi connectivity index (χ2n) is 10.5. The molecule has 0 radical (unpaired) electrons. The van der Waals surface area contributed by atoms with Crippen molar-refractivity contribution in [2.24, 2.45) is 0 Å². The Balaban J connectivity index is 1.86. The highest BCUT2D eigenvalue weighted by atomic mass is 79.9. The first kappa shape index (κ1) is 26.2. The van der Waals surface area contributed by atoms with Gasteiger partial charge in [0.15, 0.2) is 11.4 Å². The predicted octanol–water partition coefficient (Wildman–Crippen LogP) is 7.89. The van der Waals surface area contributed by atoms with Crippen LogP contribution in [0.3, 0.4) is 0 Å². The van der Waals surface area contributed by atoms with Gasteiger partial charge in [0.2, 0.25) is 0 Å². The number of ether oxygens (including phenoxy) is 2. The van der Waals surface area contributed by atoms with E-state index in [1.807, 2.05) is 51.1 Å². The molecule has 0 aromatic heterocycles. The molecule has 0 saturated heterocycles. The molecule has 1 aliphatic rings. The summed E-state index contributed by atoms with van der Waals surface area (Å²) in [4.78, 5) is 25.4. The fraction of sp³-hybridized carbons (Fsp3) is 0.448. The maximum atomic E-state index is 12.8. The number of allylic oxidation sites excluding steroid dienone is 1. The Hall–Kier alpha value is -2.40. The number of rotatable bonds is 7. The molecule has 1 aliphatic carbocycles. The van der Waals surface area contributed by atoms with Crippen LogP contribution in [0.5, 0.6) is 5.75 Å². The second-order valence-corrected chi connectivity index (χ2v) is 11.4. The molecule has 1 saturated carbocycles. The number of carbonyl (C=O) groups excluding carboxylic acids is 2. The minimum absolute atomic E-state index is 0.0434. The van der Waals surface area contributed by atoms with Crippen LogP contribution in [0.4, 0.5) is 0 Å². The molecular formula is C29H35BrO4. The third-order valence-electron chi connectivity index (χ3n) is 5.89. The quantitative estimate of drug-likeness (QED) is 0.209. The molecule has 5 heteroatoms. The summed E-state index contributed by atoms with van der Waals surface area (Å²) in [5.41, 5.74) is 0.972. The summed E-state index contributed by atoms with van der Waals surface area (Å²) in [5, 5.41) is 0.